The quantitative estimate of drug-likeness (QED) is 0.356. The normalized spacial score (nSPS) is 20.5. The summed E-state index contributed by atoms with van der Waals surface area (Å²) in [5.74, 6) is -1.19. The third-order valence-corrected chi connectivity index (χ3v) is 6.43. The Morgan fingerprint density at radius 1 is 1.03 bits per heavy atom. The van der Waals surface area contributed by atoms with Gasteiger partial charge in [-0.15, -0.1) is 6.58 Å². The molecular formula is C26H43N3O6. The van der Waals surface area contributed by atoms with Gasteiger partial charge < -0.3 is 25.0 Å². The van der Waals surface area contributed by atoms with Crippen LogP contribution in [0.4, 0.5) is 4.79 Å². The first-order valence-corrected chi connectivity index (χ1v) is 12.9. The summed E-state index contributed by atoms with van der Waals surface area (Å²) in [4.78, 5) is 53.2. The first-order valence-electron chi connectivity index (χ1n) is 12.9. The van der Waals surface area contributed by atoms with E-state index in [9.17, 15) is 19.2 Å². The van der Waals surface area contributed by atoms with Crippen molar-refractivity contribution in [1.29, 1.82) is 0 Å². The van der Waals surface area contributed by atoms with E-state index in [1.165, 1.54) is 0 Å². The summed E-state index contributed by atoms with van der Waals surface area (Å²) >= 11 is 0. The van der Waals surface area contributed by atoms with E-state index >= 15 is 0 Å². The Morgan fingerprint density at radius 2 is 1.71 bits per heavy atom. The number of likely N-dealkylation sites (tertiary alicyclic amines) is 1. The van der Waals surface area contributed by atoms with Gasteiger partial charge in [0.1, 0.15) is 18.1 Å². The summed E-state index contributed by atoms with van der Waals surface area (Å²) in [5, 5.41) is 5.55. The van der Waals surface area contributed by atoms with E-state index in [1.54, 1.807) is 17.9 Å². The Balaban J connectivity index is 2.14. The van der Waals surface area contributed by atoms with Gasteiger partial charge in [0.2, 0.25) is 11.8 Å². The molecule has 2 fully saturated rings. The molecule has 1 saturated heterocycles. The minimum atomic E-state index is -0.850. The van der Waals surface area contributed by atoms with Gasteiger partial charge in [0, 0.05) is 6.54 Å². The average molecular weight is 494 g/mol. The number of nitrogens with zero attached hydrogens (tertiary/aromatic N) is 1. The van der Waals surface area contributed by atoms with E-state index in [4.69, 9.17) is 9.47 Å². The largest absolute Gasteiger partial charge is 0.464 e. The molecule has 198 valence electrons. The molecule has 0 radical (unpaired) electrons. The average Bonchev–Trinajstić information content (AvgIpc) is 3.31. The molecule has 2 N–H and O–H groups in total. The van der Waals surface area contributed by atoms with E-state index in [0.29, 0.717) is 19.4 Å². The van der Waals surface area contributed by atoms with Crippen LogP contribution < -0.4 is 10.6 Å². The highest BCUT2D eigenvalue weighted by Gasteiger charge is 2.41. The van der Waals surface area contributed by atoms with Crippen LogP contribution in [-0.4, -0.2) is 66.7 Å². The molecule has 0 aromatic heterocycles. The Morgan fingerprint density at radius 3 is 2.31 bits per heavy atom. The summed E-state index contributed by atoms with van der Waals surface area (Å²) in [5.41, 5.74) is -0.194. The summed E-state index contributed by atoms with van der Waals surface area (Å²) < 4.78 is 10.4. The molecule has 2 aliphatic rings. The fraction of sp³-hybridized carbons (Fsp3) is 0.769. The first-order chi connectivity index (χ1) is 16.6. The maximum atomic E-state index is 13.7. The number of nitrogens with one attached hydrogen (secondary N) is 2. The second-order valence-corrected chi connectivity index (χ2v) is 10.7. The maximum Gasteiger partial charge on any atom is 0.407 e. The molecule has 35 heavy (non-hydrogen) atoms. The molecule has 0 aromatic carbocycles. The van der Waals surface area contributed by atoms with Gasteiger partial charge in [-0.1, -0.05) is 46.1 Å². The lowest BCUT2D eigenvalue weighted by Gasteiger charge is -2.34. The second-order valence-electron chi connectivity index (χ2n) is 10.7. The molecule has 3 unspecified atom stereocenters. The third kappa shape index (κ3) is 8.85. The molecule has 2 rings (SSSR count). The molecule has 3 atom stereocenters. The van der Waals surface area contributed by atoms with Crippen LogP contribution in [0.1, 0.15) is 79.1 Å². The zero-order valence-electron chi connectivity index (χ0n) is 21.8. The van der Waals surface area contributed by atoms with Crippen molar-refractivity contribution in [2.24, 2.45) is 11.3 Å². The topological polar surface area (TPSA) is 114 Å². The van der Waals surface area contributed by atoms with Crippen LogP contribution in [0.15, 0.2) is 12.7 Å². The second kappa shape index (κ2) is 13.5. The molecule has 1 aliphatic carbocycles. The lowest BCUT2D eigenvalue weighted by molar-refractivity contribution is -0.148. The lowest BCUT2D eigenvalue weighted by Crippen LogP contribution is -2.57. The fourth-order valence-corrected chi connectivity index (χ4v) is 4.67. The zero-order valence-corrected chi connectivity index (χ0v) is 21.8. The van der Waals surface area contributed by atoms with E-state index in [1.807, 2.05) is 20.8 Å². The number of carbonyl (C=O) groups is 4. The van der Waals surface area contributed by atoms with Crippen LogP contribution >= 0.6 is 0 Å². The molecule has 1 aliphatic heterocycles. The fourth-order valence-electron chi connectivity index (χ4n) is 4.67. The van der Waals surface area contributed by atoms with Crippen molar-refractivity contribution in [2.75, 3.05) is 19.8 Å². The van der Waals surface area contributed by atoms with Gasteiger partial charge >= 0.3 is 12.1 Å². The summed E-state index contributed by atoms with van der Waals surface area (Å²) in [7, 11) is 0. The highest BCUT2D eigenvalue weighted by atomic mass is 16.5. The van der Waals surface area contributed by atoms with Crippen LogP contribution in [0.2, 0.25) is 0 Å². The van der Waals surface area contributed by atoms with Crippen LogP contribution in [0, 0.1) is 11.3 Å². The lowest BCUT2D eigenvalue weighted by atomic mass is 9.83. The Hall–Kier alpha value is -2.58. The van der Waals surface area contributed by atoms with E-state index < -0.39 is 36.1 Å². The van der Waals surface area contributed by atoms with Crippen molar-refractivity contribution < 1.29 is 28.7 Å². The number of ether oxygens (including phenoxy) is 2. The van der Waals surface area contributed by atoms with Crippen LogP contribution in [0.5, 0.6) is 0 Å². The Labute approximate surface area is 209 Å². The van der Waals surface area contributed by atoms with Crippen molar-refractivity contribution in [2.45, 2.75) is 97.2 Å². The minimum absolute atomic E-state index is 0.00389. The van der Waals surface area contributed by atoms with Crippen LogP contribution in [0.3, 0.4) is 0 Å². The van der Waals surface area contributed by atoms with Gasteiger partial charge in [-0.05, 0) is 50.4 Å². The molecule has 1 heterocycles. The van der Waals surface area contributed by atoms with E-state index in [0.717, 1.165) is 32.1 Å². The third-order valence-electron chi connectivity index (χ3n) is 6.43. The molecule has 3 amide bonds. The monoisotopic (exact) mass is 493 g/mol. The number of hydrogen-bond donors (Lipinski definition) is 2. The number of esters is 1. The number of rotatable bonds is 10. The molecule has 0 bridgehead atoms. The standard InChI is InChI=1S/C26H43N3O6/c1-6-12-19(24(32)34-7-2)27-22(30)20-15-11-16-29(20)23(31)21(18-13-9-8-10-14-18)28-25(33)35-17-26(3,4)5/h6,18-21H,1,7-17H2,2-5H3,(H,27,30)(H,28,33). The number of hydrogen-bond acceptors (Lipinski definition) is 6. The zero-order chi connectivity index (χ0) is 26.0. The van der Waals surface area contributed by atoms with E-state index in [-0.39, 0.29) is 36.9 Å². The number of carbonyl (C=O) groups excluding carboxylic acids is 4. The predicted octanol–water partition coefficient (Wildman–Crippen LogP) is 3.32. The van der Waals surface area contributed by atoms with E-state index in [2.05, 4.69) is 17.2 Å². The highest BCUT2D eigenvalue weighted by Crippen LogP contribution is 2.29. The van der Waals surface area contributed by atoms with Crippen molar-refractivity contribution in [3.63, 3.8) is 0 Å². The first kappa shape index (κ1) is 28.7. The van der Waals surface area contributed by atoms with Crippen molar-refractivity contribution in [3.8, 4) is 0 Å². The van der Waals surface area contributed by atoms with Gasteiger partial charge in [-0.25, -0.2) is 9.59 Å². The number of alkyl carbamates (subject to hydrolysis) is 1. The van der Waals surface area contributed by atoms with Gasteiger partial charge in [0.15, 0.2) is 0 Å². The molecule has 1 saturated carbocycles. The van der Waals surface area contributed by atoms with Crippen LogP contribution in [-0.2, 0) is 23.9 Å². The Bertz CT molecular complexity index is 757. The Kier molecular flexibility index (Phi) is 11.0. The van der Waals surface area contributed by atoms with Crippen molar-refractivity contribution >= 4 is 23.9 Å². The smallest absolute Gasteiger partial charge is 0.407 e. The van der Waals surface area contributed by atoms with Crippen molar-refractivity contribution in [1.82, 2.24) is 15.5 Å². The minimum Gasteiger partial charge on any atom is -0.464 e. The highest BCUT2D eigenvalue weighted by molar-refractivity contribution is 5.93. The SMILES string of the molecule is C=CCC(NC(=O)C1CCCN1C(=O)C(NC(=O)OCC(C)(C)C)C1CCCCC1)C(=O)OCC. The van der Waals surface area contributed by atoms with Gasteiger partial charge in [0.25, 0.3) is 0 Å². The predicted molar refractivity (Wildman–Crippen MR) is 132 cm³/mol. The number of amides is 3. The maximum absolute atomic E-state index is 13.7. The molecule has 9 heteroatoms. The van der Waals surface area contributed by atoms with Gasteiger partial charge in [-0.3, -0.25) is 9.59 Å². The summed E-state index contributed by atoms with van der Waals surface area (Å²) in [6.45, 7) is 12.1. The molecule has 0 aromatic rings. The summed E-state index contributed by atoms with van der Waals surface area (Å²) in [6.07, 6.45) is 7.11. The van der Waals surface area contributed by atoms with Crippen molar-refractivity contribution in [3.05, 3.63) is 12.7 Å². The van der Waals surface area contributed by atoms with Crippen LogP contribution in [0.25, 0.3) is 0 Å². The molecule has 9 nitrogen and oxygen atoms in total. The molecular weight excluding hydrogens is 450 g/mol. The van der Waals surface area contributed by atoms with Gasteiger partial charge in [-0.2, -0.15) is 0 Å². The molecule has 0 spiro atoms. The van der Waals surface area contributed by atoms with Gasteiger partial charge in [0.05, 0.1) is 13.2 Å². The summed E-state index contributed by atoms with van der Waals surface area (Å²) in [6, 6.07) is -2.30.